The Kier molecular flexibility index (Phi) is 58.4. The molecular formula is C67H112O5. The fraction of sp³-hybridized carbons (Fsp3) is 0.672. The lowest BCUT2D eigenvalue weighted by molar-refractivity contribution is -0.162. The van der Waals surface area contributed by atoms with Crippen molar-refractivity contribution < 1.29 is 23.8 Å². The van der Waals surface area contributed by atoms with E-state index in [2.05, 4.69) is 142 Å². The third-order valence-electron chi connectivity index (χ3n) is 12.5. The summed E-state index contributed by atoms with van der Waals surface area (Å²) in [4.78, 5) is 25.5. The van der Waals surface area contributed by atoms with Gasteiger partial charge in [-0.3, -0.25) is 9.59 Å². The molecule has 0 saturated carbocycles. The Hall–Kier alpha value is -3.70. The van der Waals surface area contributed by atoms with E-state index in [1.807, 2.05) is 0 Å². The van der Waals surface area contributed by atoms with Crippen LogP contribution in [0.2, 0.25) is 0 Å². The molecule has 72 heavy (non-hydrogen) atoms. The van der Waals surface area contributed by atoms with Gasteiger partial charge >= 0.3 is 11.9 Å². The topological polar surface area (TPSA) is 61.8 Å². The summed E-state index contributed by atoms with van der Waals surface area (Å²) in [7, 11) is 0. The summed E-state index contributed by atoms with van der Waals surface area (Å²) in [5.41, 5.74) is 0. The molecule has 0 aromatic carbocycles. The molecule has 5 nitrogen and oxygen atoms in total. The molecule has 0 aliphatic rings. The second kappa shape index (κ2) is 61.6. The van der Waals surface area contributed by atoms with Crippen LogP contribution >= 0.6 is 0 Å². The monoisotopic (exact) mass is 997 g/mol. The van der Waals surface area contributed by atoms with Gasteiger partial charge in [0.1, 0.15) is 6.61 Å². The Bertz CT molecular complexity index is 1450. The minimum absolute atomic E-state index is 0.0403. The molecule has 1 unspecified atom stereocenters. The van der Waals surface area contributed by atoms with Crippen molar-refractivity contribution in [2.75, 3.05) is 19.8 Å². The first-order valence-electron chi connectivity index (χ1n) is 30.1. The molecular weight excluding hydrogens is 885 g/mol. The van der Waals surface area contributed by atoms with Crippen molar-refractivity contribution in [2.45, 2.75) is 271 Å². The summed E-state index contributed by atoms with van der Waals surface area (Å²) in [5, 5.41) is 0. The van der Waals surface area contributed by atoms with Crippen LogP contribution in [0.4, 0.5) is 0 Å². The highest BCUT2D eigenvalue weighted by atomic mass is 16.6. The maximum atomic E-state index is 12.9. The molecule has 0 rings (SSSR count). The lowest BCUT2D eigenvalue weighted by atomic mass is 10.0. The number of rotatable bonds is 54. The van der Waals surface area contributed by atoms with Crippen molar-refractivity contribution in [3.63, 3.8) is 0 Å². The number of esters is 2. The molecule has 5 heteroatoms. The fourth-order valence-corrected chi connectivity index (χ4v) is 8.10. The lowest BCUT2D eigenvalue weighted by Crippen LogP contribution is -2.30. The second-order valence-corrected chi connectivity index (χ2v) is 19.5. The summed E-state index contributed by atoms with van der Waals surface area (Å²) in [5.74, 6) is -0.501. The molecule has 0 aromatic rings. The van der Waals surface area contributed by atoms with Gasteiger partial charge in [-0.1, -0.05) is 271 Å². The molecule has 0 aliphatic carbocycles. The van der Waals surface area contributed by atoms with Crippen LogP contribution in [0.1, 0.15) is 265 Å². The fourth-order valence-electron chi connectivity index (χ4n) is 8.10. The quantitative estimate of drug-likeness (QED) is 0.0345. The van der Waals surface area contributed by atoms with Gasteiger partial charge in [-0.05, 0) is 103 Å². The summed E-state index contributed by atoms with van der Waals surface area (Å²) in [6, 6.07) is 0. The summed E-state index contributed by atoms with van der Waals surface area (Å²) >= 11 is 0. The zero-order valence-electron chi connectivity index (χ0n) is 47.2. The molecule has 0 amide bonds. The van der Waals surface area contributed by atoms with E-state index in [-0.39, 0.29) is 25.2 Å². The average molecular weight is 998 g/mol. The number of allylic oxidation sites excluding steroid dienone is 20. The van der Waals surface area contributed by atoms with Gasteiger partial charge in [0.25, 0.3) is 0 Å². The predicted octanol–water partition coefficient (Wildman–Crippen LogP) is 20.9. The number of carbonyl (C=O) groups excluding carboxylic acids is 2. The van der Waals surface area contributed by atoms with Crippen LogP contribution < -0.4 is 0 Å². The van der Waals surface area contributed by atoms with E-state index in [0.29, 0.717) is 19.4 Å². The van der Waals surface area contributed by atoms with Crippen LogP contribution in [-0.2, 0) is 23.8 Å². The third-order valence-corrected chi connectivity index (χ3v) is 12.5. The van der Waals surface area contributed by atoms with E-state index >= 15 is 0 Å². The SMILES string of the molecule is CC/C=C\C/C=C\C/C=C\C/C=C\C/C=C\CCCCCC(=O)OCC(COCCCCCCCCCCCCCCCCCCCCCC)OC(=O)CCC/C=C\C/C=C\C/C=C\C/C=C\C/C=C\CC. The molecule has 0 heterocycles. The van der Waals surface area contributed by atoms with Crippen molar-refractivity contribution in [2.24, 2.45) is 0 Å². The lowest BCUT2D eigenvalue weighted by Gasteiger charge is -2.18. The summed E-state index contributed by atoms with van der Waals surface area (Å²) in [6.07, 6.45) is 86.7. The number of hydrogen-bond acceptors (Lipinski definition) is 5. The maximum Gasteiger partial charge on any atom is 0.306 e. The maximum absolute atomic E-state index is 12.9. The van der Waals surface area contributed by atoms with Crippen LogP contribution in [-0.4, -0.2) is 37.9 Å². The minimum Gasteiger partial charge on any atom is -0.462 e. The highest BCUT2D eigenvalue weighted by molar-refractivity contribution is 5.70. The number of unbranched alkanes of at least 4 members (excludes halogenated alkanes) is 23. The average Bonchev–Trinajstić information content (AvgIpc) is 3.38. The van der Waals surface area contributed by atoms with Gasteiger partial charge in [0.05, 0.1) is 6.61 Å². The van der Waals surface area contributed by atoms with E-state index in [1.165, 1.54) is 116 Å². The molecule has 0 N–H and O–H groups in total. The minimum atomic E-state index is -0.587. The Morgan fingerprint density at radius 2 is 0.639 bits per heavy atom. The van der Waals surface area contributed by atoms with Crippen LogP contribution in [0.25, 0.3) is 0 Å². The number of ether oxygens (including phenoxy) is 3. The standard InChI is InChI=1S/C67H112O5/c1-4-7-10-13-16-19-22-25-28-31-33-35-38-41-44-47-50-53-56-59-62-70-63-65(72-67(69)61-58-55-52-49-46-43-40-36-30-27-24-21-18-15-12-9-6-3)64-71-66(68)60-57-54-51-48-45-42-39-37-34-32-29-26-23-20-17-14-11-8-5-2/h8-9,11-12,17-18,20-21,26-27,29-30,34,37,40,42-43,45,49,52,65H,4-7,10,13-16,19,22-25,28,31-33,35-36,38-39,41,44,46-48,50-51,53-64H2,1-3H3/b11-8-,12-9-,20-17-,21-18-,29-26-,30-27-,37-34-,43-40-,45-42-,52-49-. The van der Waals surface area contributed by atoms with Crippen molar-refractivity contribution >= 4 is 11.9 Å². The molecule has 0 spiro atoms. The smallest absolute Gasteiger partial charge is 0.306 e. The van der Waals surface area contributed by atoms with Gasteiger partial charge in [0.15, 0.2) is 6.10 Å². The van der Waals surface area contributed by atoms with Crippen molar-refractivity contribution in [3.05, 3.63) is 122 Å². The van der Waals surface area contributed by atoms with Crippen LogP contribution in [0.3, 0.4) is 0 Å². The third kappa shape index (κ3) is 58.9. The van der Waals surface area contributed by atoms with Gasteiger partial charge in [-0.15, -0.1) is 0 Å². The highest BCUT2D eigenvalue weighted by Crippen LogP contribution is 2.16. The summed E-state index contributed by atoms with van der Waals surface area (Å²) in [6.45, 7) is 7.52. The van der Waals surface area contributed by atoms with E-state index in [9.17, 15) is 9.59 Å². The Balaban J connectivity index is 4.41. The van der Waals surface area contributed by atoms with Crippen LogP contribution in [0.15, 0.2) is 122 Å². The summed E-state index contributed by atoms with van der Waals surface area (Å²) < 4.78 is 17.4. The van der Waals surface area contributed by atoms with E-state index in [1.54, 1.807) is 0 Å². The molecule has 0 saturated heterocycles. The number of hydrogen-bond donors (Lipinski definition) is 0. The van der Waals surface area contributed by atoms with E-state index in [4.69, 9.17) is 14.2 Å². The van der Waals surface area contributed by atoms with E-state index in [0.717, 1.165) is 116 Å². The molecule has 0 bridgehead atoms. The first kappa shape index (κ1) is 68.3. The van der Waals surface area contributed by atoms with Gasteiger partial charge < -0.3 is 14.2 Å². The van der Waals surface area contributed by atoms with Crippen molar-refractivity contribution in [1.82, 2.24) is 0 Å². The number of carbonyl (C=O) groups is 2. The zero-order valence-corrected chi connectivity index (χ0v) is 47.2. The van der Waals surface area contributed by atoms with Crippen LogP contribution in [0.5, 0.6) is 0 Å². The Morgan fingerprint density at radius 3 is 1.03 bits per heavy atom. The molecule has 0 aromatic heterocycles. The van der Waals surface area contributed by atoms with Gasteiger partial charge in [0.2, 0.25) is 0 Å². The van der Waals surface area contributed by atoms with Crippen molar-refractivity contribution in [1.29, 1.82) is 0 Å². The highest BCUT2D eigenvalue weighted by Gasteiger charge is 2.17. The van der Waals surface area contributed by atoms with Gasteiger partial charge in [-0.25, -0.2) is 0 Å². The molecule has 1 atom stereocenters. The van der Waals surface area contributed by atoms with Crippen LogP contribution in [0, 0.1) is 0 Å². The predicted molar refractivity (Wildman–Crippen MR) is 316 cm³/mol. The molecule has 0 fully saturated rings. The normalized spacial score (nSPS) is 13.1. The largest absolute Gasteiger partial charge is 0.462 e. The van der Waals surface area contributed by atoms with Crippen molar-refractivity contribution in [3.8, 4) is 0 Å². The van der Waals surface area contributed by atoms with E-state index < -0.39 is 6.10 Å². The first-order valence-corrected chi connectivity index (χ1v) is 30.1. The molecule has 410 valence electrons. The van der Waals surface area contributed by atoms with Gasteiger partial charge in [-0.2, -0.15) is 0 Å². The Labute approximate surface area is 446 Å². The zero-order chi connectivity index (χ0) is 52.0. The second-order valence-electron chi connectivity index (χ2n) is 19.5. The molecule has 0 radical (unpaired) electrons. The van der Waals surface area contributed by atoms with Gasteiger partial charge in [0, 0.05) is 19.4 Å². The first-order chi connectivity index (χ1) is 35.6. The Morgan fingerprint density at radius 1 is 0.319 bits per heavy atom. The molecule has 0 aliphatic heterocycles.